The molecule has 2 aromatic heterocycles. The third-order valence-corrected chi connectivity index (χ3v) is 4.48. The summed E-state index contributed by atoms with van der Waals surface area (Å²) >= 11 is 1.14. The van der Waals surface area contributed by atoms with Crippen LogP contribution in [0, 0.1) is 0 Å². The summed E-state index contributed by atoms with van der Waals surface area (Å²) in [7, 11) is -3.51. The molecule has 0 saturated carbocycles. The van der Waals surface area contributed by atoms with Crippen molar-refractivity contribution in [2.45, 2.75) is 6.42 Å². The number of aromatic nitrogens is 2. The van der Waals surface area contributed by atoms with Crippen molar-refractivity contribution in [3.63, 3.8) is 0 Å². The Hall–Kier alpha value is -1.78. The lowest BCUT2D eigenvalue weighted by atomic mass is 10.3. The number of amides is 1. The van der Waals surface area contributed by atoms with Crippen LogP contribution in [0.4, 0.5) is 5.69 Å². The summed E-state index contributed by atoms with van der Waals surface area (Å²) in [5.74, 6) is -0.541. The SMILES string of the molecule is Nc1c(C(=O)NCCCS(N)(=O)=O)sc2nnccc12. The standard InChI is InChI=1S/C10H13N5O3S2/c11-7-6-2-4-14-15-10(6)19-8(7)9(16)13-3-1-5-20(12,17)18/h2,4H,1,3,5,11H2,(H,13,16)(H2,12,17,18). The molecule has 0 aliphatic rings. The van der Waals surface area contributed by atoms with Crippen molar-refractivity contribution in [1.29, 1.82) is 0 Å². The predicted molar refractivity (Wildman–Crippen MR) is 76.8 cm³/mol. The average Bonchev–Trinajstić information content (AvgIpc) is 2.72. The fraction of sp³-hybridized carbons (Fsp3) is 0.300. The summed E-state index contributed by atoms with van der Waals surface area (Å²) < 4.78 is 21.5. The third-order valence-electron chi connectivity index (χ3n) is 2.52. The lowest BCUT2D eigenvalue weighted by Crippen LogP contribution is -2.27. The number of anilines is 1. The van der Waals surface area contributed by atoms with E-state index in [9.17, 15) is 13.2 Å². The van der Waals surface area contributed by atoms with Gasteiger partial charge in [-0.3, -0.25) is 4.79 Å². The van der Waals surface area contributed by atoms with Crippen LogP contribution in [0.15, 0.2) is 12.3 Å². The van der Waals surface area contributed by atoms with Gasteiger partial charge in [-0.25, -0.2) is 13.6 Å². The molecular weight excluding hydrogens is 302 g/mol. The molecule has 0 saturated heterocycles. The van der Waals surface area contributed by atoms with E-state index in [0.29, 0.717) is 20.8 Å². The topological polar surface area (TPSA) is 141 Å². The highest BCUT2D eigenvalue weighted by Crippen LogP contribution is 2.31. The highest BCUT2D eigenvalue weighted by Gasteiger charge is 2.16. The minimum atomic E-state index is -3.51. The fourth-order valence-corrected chi connectivity index (χ4v) is 3.10. The molecule has 2 aromatic rings. The number of rotatable bonds is 5. The summed E-state index contributed by atoms with van der Waals surface area (Å²) in [6.45, 7) is 0.203. The smallest absolute Gasteiger partial charge is 0.263 e. The van der Waals surface area contributed by atoms with Crippen LogP contribution in [0.5, 0.6) is 0 Å². The van der Waals surface area contributed by atoms with Crippen LogP contribution in [0.25, 0.3) is 10.2 Å². The van der Waals surface area contributed by atoms with Gasteiger partial charge in [0.2, 0.25) is 10.0 Å². The number of nitrogen functional groups attached to an aromatic ring is 1. The van der Waals surface area contributed by atoms with Gasteiger partial charge in [-0.1, -0.05) is 0 Å². The molecule has 0 spiro atoms. The summed E-state index contributed by atoms with van der Waals surface area (Å²) in [5, 5.41) is 15.7. The summed E-state index contributed by atoms with van der Waals surface area (Å²) in [6.07, 6.45) is 1.74. The van der Waals surface area contributed by atoms with Gasteiger partial charge in [0.25, 0.3) is 5.91 Å². The Balaban J connectivity index is 2.03. The monoisotopic (exact) mass is 315 g/mol. The van der Waals surface area contributed by atoms with Crippen molar-refractivity contribution in [3.05, 3.63) is 17.1 Å². The molecule has 2 heterocycles. The number of sulfonamides is 1. The zero-order valence-corrected chi connectivity index (χ0v) is 12.0. The number of nitrogens with zero attached hydrogens (tertiary/aromatic N) is 2. The number of primary sulfonamides is 1. The first-order valence-electron chi connectivity index (χ1n) is 5.67. The Morgan fingerprint density at radius 1 is 1.45 bits per heavy atom. The van der Waals surface area contributed by atoms with Gasteiger partial charge in [-0.05, 0) is 12.5 Å². The molecule has 10 heteroatoms. The van der Waals surface area contributed by atoms with Crippen molar-refractivity contribution in [3.8, 4) is 0 Å². The number of fused-ring (bicyclic) bond motifs is 1. The fourth-order valence-electron chi connectivity index (χ4n) is 1.60. The summed E-state index contributed by atoms with van der Waals surface area (Å²) in [6, 6.07) is 1.69. The van der Waals surface area contributed by atoms with Gasteiger partial charge in [0.15, 0.2) is 0 Å². The number of nitrogens with two attached hydrogens (primary N) is 2. The molecule has 1 amide bonds. The van der Waals surface area contributed by atoms with E-state index in [-0.39, 0.29) is 24.6 Å². The molecule has 8 nitrogen and oxygen atoms in total. The van der Waals surface area contributed by atoms with Crippen LogP contribution in [0.3, 0.4) is 0 Å². The molecular formula is C10H13N5O3S2. The van der Waals surface area contributed by atoms with Crippen molar-refractivity contribution >= 4 is 43.2 Å². The van der Waals surface area contributed by atoms with Crippen LogP contribution in [-0.4, -0.2) is 36.8 Å². The zero-order valence-electron chi connectivity index (χ0n) is 10.4. The van der Waals surface area contributed by atoms with E-state index >= 15 is 0 Å². The Morgan fingerprint density at radius 3 is 2.85 bits per heavy atom. The predicted octanol–water partition coefficient (Wildman–Crippen LogP) is -0.318. The summed E-state index contributed by atoms with van der Waals surface area (Å²) in [4.78, 5) is 12.9. The minimum Gasteiger partial charge on any atom is -0.397 e. The number of carbonyl (C=O) groups excluding carboxylic acids is 1. The highest BCUT2D eigenvalue weighted by molar-refractivity contribution is 7.89. The number of carbonyl (C=O) groups is 1. The maximum atomic E-state index is 12.0. The largest absolute Gasteiger partial charge is 0.397 e. The molecule has 0 aromatic carbocycles. The van der Waals surface area contributed by atoms with E-state index in [2.05, 4.69) is 15.5 Å². The second-order valence-electron chi connectivity index (χ2n) is 4.07. The molecule has 20 heavy (non-hydrogen) atoms. The maximum absolute atomic E-state index is 12.0. The first-order valence-corrected chi connectivity index (χ1v) is 8.20. The van der Waals surface area contributed by atoms with E-state index < -0.39 is 10.0 Å². The molecule has 108 valence electrons. The number of nitrogens with one attached hydrogen (secondary N) is 1. The second kappa shape index (κ2) is 5.69. The average molecular weight is 315 g/mol. The van der Waals surface area contributed by atoms with Crippen molar-refractivity contribution in [1.82, 2.24) is 15.5 Å². The quantitative estimate of drug-likeness (QED) is 0.646. The molecule has 0 unspecified atom stereocenters. The molecule has 5 N–H and O–H groups in total. The van der Waals surface area contributed by atoms with E-state index in [1.807, 2.05) is 0 Å². The molecule has 0 fully saturated rings. The molecule has 0 aliphatic carbocycles. The number of hydrogen-bond acceptors (Lipinski definition) is 7. The third kappa shape index (κ3) is 3.40. The molecule has 2 rings (SSSR count). The highest BCUT2D eigenvalue weighted by atomic mass is 32.2. The first-order chi connectivity index (χ1) is 9.38. The van der Waals surface area contributed by atoms with Gasteiger partial charge >= 0.3 is 0 Å². The maximum Gasteiger partial charge on any atom is 0.263 e. The normalized spacial score (nSPS) is 11.7. The van der Waals surface area contributed by atoms with Crippen LogP contribution in [0.2, 0.25) is 0 Å². The van der Waals surface area contributed by atoms with Crippen LogP contribution < -0.4 is 16.2 Å². The van der Waals surface area contributed by atoms with Crippen LogP contribution in [0.1, 0.15) is 16.1 Å². The molecule has 0 bridgehead atoms. The van der Waals surface area contributed by atoms with E-state index in [0.717, 1.165) is 11.3 Å². The Bertz CT molecular complexity index is 740. The minimum absolute atomic E-state index is 0.180. The van der Waals surface area contributed by atoms with Gasteiger partial charge < -0.3 is 11.1 Å². The van der Waals surface area contributed by atoms with Crippen LogP contribution >= 0.6 is 11.3 Å². The lowest BCUT2D eigenvalue weighted by molar-refractivity contribution is 0.0958. The van der Waals surface area contributed by atoms with Crippen molar-refractivity contribution < 1.29 is 13.2 Å². The Labute approximate surface area is 119 Å². The van der Waals surface area contributed by atoms with E-state index in [4.69, 9.17) is 10.9 Å². The van der Waals surface area contributed by atoms with E-state index in [1.54, 1.807) is 6.07 Å². The Kier molecular flexibility index (Phi) is 4.16. The first kappa shape index (κ1) is 14.6. The summed E-state index contributed by atoms with van der Waals surface area (Å²) in [5.41, 5.74) is 6.23. The van der Waals surface area contributed by atoms with Crippen LogP contribution in [-0.2, 0) is 10.0 Å². The van der Waals surface area contributed by atoms with Crippen molar-refractivity contribution in [2.24, 2.45) is 5.14 Å². The Morgan fingerprint density at radius 2 is 2.20 bits per heavy atom. The van der Waals surface area contributed by atoms with Gasteiger partial charge in [-0.15, -0.1) is 16.4 Å². The van der Waals surface area contributed by atoms with Gasteiger partial charge in [0.05, 0.1) is 17.6 Å². The molecule has 0 atom stereocenters. The lowest BCUT2D eigenvalue weighted by Gasteiger charge is -2.03. The van der Waals surface area contributed by atoms with Gasteiger partial charge in [0, 0.05) is 11.9 Å². The molecule has 0 aliphatic heterocycles. The van der Waals surface area contributed by atoms with Crippen molar-refractivity contribution in [2.75, 3.05) is 18.0 Å². The van der Waals surface area contributed by atoms with Gasteiger partial charge in [-0.2, -0.15) is 5.10 Å². The zero-order chi connectivity index (χ0) is 14.8. The second-order valence-corrected chi connectivity index (χ2v) is 6.80. The van der Waals surface area contributed by atoms with Gasteiger partial charge in [0.1, 0.15) is 9.71 Å². The molecule has 0 radical (unpaired) electrons. The number of hydrogen-bond donors (Lipinski definition) is 3. The van der Waals surface area contributed by atoms with E-state index in [1.165, 1.54) is 6.20 Å². The number of thiophene rings is 1.